The molecular formula is C27H41N3O7S. The maximum absolute atomic E-state index is 14.1. The second-order valence-corrected chi connectivity index (χ2v) is 11.1. The van der Waals surface area contributed by atoms with Gasteiger partial charge in [0.05, 0.1) is 13.0 Å². The molecule has 0 radical (unpaired) electrons. The number of amides is 3. The molecule has 38 heavy (non-hydrogen) atoms. The molecule has 2 rings (SSSR count). The normalized spacial score (nSPS) is 15.0. The van der Waals surface area contributed by atoms with Crippen molar-refractivity contribution in [1.29, 1.82) is 0 Å². The summed E-state index contributed by atoms with van der Waals surface area (Å²) < 4.78 is 10.3. The van der Waals surface area contributed by atoms with E-state index in [0.717, 1.165) is 6.42 Å². The number of carbonyl (C=O) groups is 4. The van der Waals surface area contributed by atoms with Crippen molar-refractivity contribution in [1.82, 2.24) is 15.5 Å². The predicted molar refractivity (Wildman–Crippen MR) is 146 cm³/mol. The fourth-order valence-electron chi connectivity index (χ4n) is 4.06. The van der Waals surface area contributed by atoms with Gasteiger partial charge in [0.15, 0.2) is 0 Å². The van der Waals surface area contributed by atoms with E-state index >= 15 is 0 Å². The third-order valence-electron chi connectivity index (χ3n) is 6.01. The molecule has 10 nitrogen and oxygen atoms in total. The molecule has 0 heterocycles. The maximum atomic E-state index is 14.1. The topological polar surface area (TPSA) is 134 Å². The summed E-state index contributed by atoms with van der Waals surface area (Å²) in [5.41, 5.74) is -0.482. The van der Waals surface area contributed by atoms with E-state index in [1.165, 1.54) is 22.7 Å². The number of aromatic hydroxyl groups is 1. The minimum absolute atomic E-state index is 0.0144. The summed E-state index contributed by atoms with van der Waals surface area (Å²) in [6.45, 7) is 7.16. The third kappa shape index (κ3) is 9.41. The van der Waals surface area contributed by atoms with Gasteiger partial charge in [0.1, 0.15) is 23.4 Å². The molecule has 1 aromatic carbocycles. The van der Waals surface area contributed by atoms with Crippen LogP contribution in [0.4, 0.5) is 4.79 Å². The van der Waals surface area contributed by atoms with Gasteiger partial charge < -0.3 is 30.1 Å². The molecule has 1 fully saturated rings. The molecule has 0 spiro atoms. The van der Waals surface area contributed by atoms with Crippen LogP contribution in [0.5, 0.6) is 5.75 Å². The Hall–Kier alpha value is -2.95. The van der Waals surface area contributed by atoms with Gasteiger partial charge in [-0.1, -0.05) is 18.2 Å². The molecular weight excluding hydrogens is 510 g/mol. The zero-order valence-corrected chi connectivity index (χ0v) is 23.8. The number of ether oxygens (including phenoxy) is 2. The number of rotatable bonds is 13. The van der Waals surface area contributed by atoms with E-state index in [2.05, 4.69) is 10.6 Å². The lowest BCUT2D eigenvalue weighted by molar-refractivity contribution is -0.148. The lowest BCUT2D eigenvalue weighted by Gasteiger charge is -2.43. The van der Waals surface area contributed by atoms with Crippen LogP contribution in [0.3, 0.4) is 0 Å². The van der Waals surface area contributed by atoms with E-state index in [1.54, 1.807) is 45.9 Å². The zero-order chi connectivity index (χ0) is 28.3. The highest BCUT2D eigenvalue weighted by molar-refractivity contribution is 7.98. The predicted octanol–water partition coefficient (Wildman–Crippen LogP) is 3.53. The smallest absolute Gasteiger partial charge is 0.408 e. The van der Waals surface area contributed by atoms with E-state index in [-0.39, 0.29) is 36.9 Å². The average molecular weight is 552 g/mol. The van der Waals surface area contributed by atoms with Gasteiger partial charge in [-0.3, -0.25) is 14.4 Å². The molecule has 3 N–H and O–H groups in total. The van der Waals surface area contributed by atoms with Gasteiger partial charge in [0, 0.05) is 18.2 Å². The molecule has 1 aromatic rings. The van der Waals surface area contributed by atoms with Gasteiger partial charge in [0.25, 0.3) is 0 Å². The quantitative estimate of drug-likeness (QED) is 0.317. The summed E-state index contributed by atoms with van der Waals surface area (Å²) in [5, 5.41) is 16.1. The molecule has 212 valence electrons. The molecule has 3 amide bonds. The number of thioether (sulfide) groups is 1. The molecule has 1 aliphatic carbocycles. The standard InChI is InChI=1S/C27H41N3O7S/c1-6-36-22(32)14-16-28-24(33)23(19-12-7-8-13-21(19)31)30(18-10-9-11-18)25(34)20(15-17-38-5)29-26(35)37-27(2,3)4/h7-8,12-13,18,20,23,31H,6,9-11,14-17H2,1-5H3,(H,28,33)(H,29,35). The second-order valence-electron chi connectivity index (χ2n) is 10.1. The summed E-state index contributed by atoms with van der Waals surface area (Å²) in [6.07, 6.45) is 3.76. The highest BCUT2D eigenvalue weighted by Crippen LogP contribution is 2.36. The van der Waals surface area contributed by atoms with Crippen molar-refractivity contribution >= 4 is 35.6 Å². The molecule has 0 aromatic heterocycles. The van der Waals surface area contributed by atoms with Gasteiger partial charge >= 0.3 is 12.1 Å². The minimum Gasteiger partial charge on any atom is -0.508 e. The Labute approximate surface area is 229 Å². The fraction of sp³-hybridized carbons (Fsp3) is 0.630. The Bertz CT molecular complexity index is 962. The van der Waals surface area contributed by atoms with Crippen LogP contribution in [0.15, 0.2) is 24.3 Å². The number of benzene rings is 1. The number of esters is 1. The summed E-state index contributed by atoms with van der Waals surface area (Å²) in [5.74, 6) is -0.939. The Morgan fingerprint density at radius 1 is 1.18 bits per heavy atom. The first kappa shape index (κ1) is 31.3. The van der Waals surface area contributed by atoms with Crippen LogP contribution in [0, 0.1) is 0 Å². The number of hydrogen-bond donors (Lipinski definition) is 3. The van der Waals surface area contributed by atoms with Crippen LogP contribution in [0.2, 0.25) is 0 Å². The third-order valence-corrected chi connectivity index (χ3v) is 6.66. The summed E-state index contributed by atoms with van der Waals surface area (Å²) in [6, 6.07) is 4.04. The first-order valence-corrected chi connectivity index (χ1v) is 14.4. The number of hydrogen-bond acceptors (Lipinski definition) is 8. The van der Waals surface area contributed by atoms with Crippen LogP contribution in [0.1, 0.15) is 71.4 Å². The number of carbonyl (C=O) groups excluding carboxylic acids is 4. The number of alkyl carbamates (subject to hydrolysis) is 1. The van der Waals surface area contributed by atoms with Gasteiger partial charge in [-0.05, 0) is 71.5 Å². The van der Waals surface area contributed by atoms with Crippen LogP contribution < -0.4 is 10.6 Å². The Morgan fingerprint density at radius 2 is 1.87 bits per heavy atom. The molecule has 0 saturated heterocycles. The summed E-state index contributed by atoms with van der Waals surface area (Å²) in [7, 11) is 0. The van der Waals surface area contributed by atoms with Crippen molar-refractivity contribution in [3.05, 3.63) is 29.8 Å². The molecule has 11 heteroatoms. The largest absolute Gasteiger partial charge is 0.508 e. The SMILES string of the molecule is CCOC(=O)CCNC(=O)C(c1ccccc1O)N(C(=O)C(CCSC)NC(=O)OC(C)(C)C)C1CCC1. The van der Waals surface area contributed by atoms with E-state index in [9.17, 15) is 24.3 Å². The number of phenolic OH excluding ortho intramolecular Hbond substituents is 1. The van der Waals surface area contributed by atoms with Gasteiger partial charge in [-0.15, -0.1) is 0 Å². The highest BCUT2D eigenvalue weighted by Gasteiger charge is 2.42. The Balaban J connectivity index is 2.41. The molecule has 2 atom stereocenters. The van der Waals surface area contributed by atoms with E-state index in [1.807, 2.05) is 6.26 Å². The lowest BCUT2D eigenvalue weighted by Crippen LogP contribution is -2.57. The molecule has 1 saturated carbocycles. The van der Waals surface area contributed by atoms with Crippen LogP contribution in [0.25, 0.3) is 0 Å². The van der Waals surface area contributed by atoms with Crippen molar-refractivity contribution in [2.75, 3.05) is 25.2 Å². The number of para-hydroxylation sites is 1. The Morgan fingerprint density at radius 3 is 2.42 bits per heavy atom. The van der Waals surface area contributed by atoms with Gasteiger partial charge in [-0.2, -0.15) is 11.8 Å². The van der Waals surface area contributed by atoms with Crippen LogP contribution >= 0.6 is 11.8 Å². The molecule has 0 aliphatic heterocycles. The number of nitrogens with zero attached hydrogens (tertiary/aromatic N) is 1. The second kappa shape index (κ2) is 14.8. The summed E-state index contributed by atoms with van der Waals surface area (Å²) >= 11 is 1.53. The van der Waals surface area contributed by atoms with Crippen molar-refractivity contribution in [2.24, 2.45) is 0 Å². The lowest BCUT2D eigenvalue weighted by atomic mass is 9.87. The maximum Gasteiger partial charge on any atom is 0.408 e. The van der Waals surface area contributed by atoms with Crippen molar-refractivity contribution in [2.45, 2.75) is 83.5 Å². The average Bonchev–Trinajstić information content (AvgIpc) is 2.79. The van der Waals surface area contributed by atoms with E-state index in [0.29, 0.717) is 25.0 Å². The number of nitrogens with one attached hydrogen (secondary N) is 2. The van der Waals surface area contributed by atoms with Crippen molar-refractivity contribution < 1.29 is 33.8 Å². The fourth-order valence-corrected chi connectivity index (χ4v) is 4.53. The van der Waals surface area contributed by atoms with Crippen molar-refractivity contribution in [3.8, 4) is 5.75 Å². The summed E-state index contributed by atoms with van der Waals surface area (Å²) in [4.78, 5) is 53.6. The first-order chi connectivity index (χ1) is 18.0. The number of phenols is 1. The zero-order valence-electron chi connectivity index (χ0n) is 23.0. The van der Waals surface area contributed by atoms with E-state index < -0.39 is 41.6 Å². The first-order valence-electron chi connectivity index (χ1n) is 13.0. The molecule has 2 unspecified atom stereocenters. The van der Waals surface area contributed by atoms with E-state index in [4.69, 9.17) is 9.47 Å². The van der Waals surface area contributed by atoms with Gasteiger partial charge in [-0.25, -0.2) is 4.79 Å². The van der Waals surface area contributed by atoms with Gasteiger partial charge in [0.2, 0.25) is 11.8 Å². The Kier molecular flexibility index (Phi) is 12.2. The van der Waals surface area contributed by atoms with Crippen LogP contribution in [-0.4, -0.2) is 76.7 Å². The monoisotopic (exact) mass is 551 g/mol. The van der Waals surface area contributed by atoms with Crippen molar-refractivity contribution in [3.63, 3.8) is 0 Å². The highest BCUT2D eigenvalue weighted by atomic mass is 32.2. The minimum atomic E-state index is -1.16. The molecule has 0 bridgehead atoms. The van der Waals surface area contributed by atoms with Crippen LogP contribution in [-0.2, 0) is 23.9 Å². The molecule has 1 aliphatic rings.